The van der Waals surface area contributed by atoms with Gasteiger partial charge in [-0.2, -0.15) is 0 Å². The minimum atomic E-state index is -1.16. The summed E-state index contributed by atoms with van der Waals surface area (Å²) in [5.74, 6) is 0.0537. The number of halogens is 1. The zero-order chi connectivity index (χ0) is 17.5. The Labute approximate surface area is 139 Å². The van der Waals surface area contributed by atoms with Crippen LogP contribution in [-0.4, -0.2) is 36.6 Å². The van der Waals surface area contributed by atoms with Crippen molar-refractivity contribution in [2.75, 3.05) is 25.2 Å². The van der Waals surface area contributed by atoms with E-state index in [-0.39, 0.29) is 24.4 Å². The van der Waals surface area contributed by atoms with E-state index >= 15 is 0 Å². The summed E-state index contributed by atoms with van der Waals surface area (Å²) in [6, 6.07) is 11.2. The number of hydrogen-bond acceptors (Lipinski definition) is 3. The highest BCUT2D eigenvalue weighted by Crippen LogP contribution is 2.35. The van der Waals surface area contributed by atoms with E-state index in [1.165, 1.54) is 19.2 Å². The van der Waals surface area contributed by atoms with Gasteiger partial charge in [0.1, 0.15) is 11.6 Å². The van der Waals surface area contributed by atoms with Crippen molar-refractivity contribution in [1.29, 1.82) is 0 Å². The second-order valence-corrected chi connectivity index (χ2v) is 5.23. The fourth-order valence-electron chi connectivity index (χ4n) is 2.50. The number of benzene rings is 2. The molecule has 0 radical (unpaired) electrons. The first kappa shape index (κ1) is 17.7. The lowest BCUT2D eigenvalue weighted by Gasteiger charge is -2.23. The van der Waals surface area contributed by atoms with E-state index in [4.69, 9.17) is 9.84 Å². The lowest BCUT2D eigenvalue weighted by atomic mass is 10.0. The van der Waals surface area contributed by atoms with E-state index in [1.54, 1.807) is 30.3 Å². The van der Waals surface area contributed by atoms with Gasteiger partial charge in [-0.15, -0.1) is 0 Å². The lowest BCUT2D eigenvalue weighted by molar-refractivity contribution is 0.201. The van der Waals surface area contributed by atoms with Crippen molar-refractivity contribution in [3.05, 3.63) is 48.3 Å². The van der Waals surface area contributed by atoms with Crippen molar-refractivity contribution < 1.29 is 24.1 Å². The van der Waals surface area contributed by atoms with Gasteiger partial charge in [-0.05, 0) is 42.7 Å². The maximum atomic E-state index is 14.5. The molecular formula is C18H20FNO4. The van der Waals surface area contributed by atoms with Crippen LogP contribution in [0.3, 0.4) is 0 Å². The highest BCUT2D eigenvalue weighted by atomic mass is 19.1. The van der Waals surface area contributed by atoms with Crippen LogP contribution in [0.4, 0.5) is 14.9 Å². The van der Waals surface area contributed by atoms with Crippen LogP contribution in [0.25, 0.3) is 11.1 Å². The quantitative estimate of drug-likeness (QED) is 0.757. The van der Waals surface area contributed by atoms with Crippen LogP contribution in [0.1, 0.15) is 12.8 Å². The van der Waals surface area contributed by atoms with Crippen LogP contribution in [0.2, 0.25) is 0 Å². The maximum Gasteiger partial charge on any atom is 0.411 e. The largest absolute Gasteiger partial charge is 0.497 e. The molecule has 24 heavy (non-hydrogen) atoms. The highest BCUT2D eigenvalue weighted by Gasteiger charge is 2.21. The van der Waals surface area contributed by atoms with Gasteiger partial charge < -0.3 is 14.9 Å². The Morgan fingerprint density at radius 3 is 2.62 bits per heavy atom. The van der Waals surface area contributed by atoms with Crippen molar-refractivity contribution in [3.63, 3.8) is 0 Å². The SMILES string of the molecule is COc1cccc(-c2c(F)cccc2N(CCCCO)C(=O)O)c1. The van der Waals surface area contributed by atoms with Gasteiger partial charge in [0.05, 0.1) is 12.8 Å². The number of aliphatic hydroxyl groups is 1. The van der Waals surface area contributed by atoms with Crippen LogP contribution in [0, 0.1) is 5.82 Å². The molecule has 2 aromatic carbocycles. The standard InChI is InChI=1S/C18H20FNO4/c1-24-14-7-4-6-13(12-14)17-15(19)8-5-9-16(17)20(18(22)23)10-2-3-11-21/h4-9,12,21H,2-3,10-11H2,1H3,(H,22,23). The molecule has 128 valence electrons. The van der Waals surface area contributed by atoms with Gasteiger partial charge in [0, 0.05) is 18.7 Å². The number of methoxy groups -OCH3 is 1. The van der Waals surface area contributed by atoms with Crippen LogP contribution in [0.5, 0.6) is 5.75 Å². The molecule has 0 bridgehead atoms. The average Bonchev–Trinajstić information content (AvgIpc) is 2.58. The summed E-state index contributed by atoms with van der Waals surface area (Å²) < 4.78 is 19.6. The number of aliphatic hydroxyl groups excluding tert-OH is 1. The molecule has 2 rings (SSSR count). The monoisotopic (exact) mass is 333 g/mol. The Bertz CT molecular complexity index is 705. The molecule has 0 unspecified atom stereocenters. The van der Waals surface area contributed by atoms with E-state index in [2.05, 4.69) is 0 Å². The van der Waals surface area contributed by atoms with Gasteiger partial charge in [-0.1, -0.05) is 18.2 Å². The lowest BCUT2D eigenvalue weighted by Crippen LogP contribution is -2.31. The number of amides is 1. The summed E-state index contributed by atoms with van der Waals surface area (Å²) in [6.45, 7) is 0.162. The van der Waals surface area contributed by atoms with E-state index in [0.29, 0.717) is 24.2 Å². The Kier molecular flexibility index (Phi) is 6.14. The van der Waals surface area contributed by atoms with E-state index < -0.39 is 11.9 Å². The number of ether oxygens (including phenoxy) is 1. The third-order valence-corrected chi connectivity index (χ3v) is 3.66. The second-order valence-electron chi connectivity index (χ2n) is 5.23. The first-order chi connectivity index (χ1) is 11.6. The maximum absolute atomic E-state index is 14.5. The van der Waals surface area contributed by atoms with Gasteiger partial charge in [0.15, 0.2) is 0 Å². The Morgan fingerprint density at radius 2 is 1.96 bits per heavy atom. The van der Waals surface area contributed by atoms with Gasteiger partial charge in [0.25, 0.3) is 0 Å². The number of rotatable bonds is 7. The molecule has 0 saturated carbocycles. The van der Waals surface area contributed by atoms with Crippen LogP contribution in [-0.2, 0) is 0 Å². The van der Waals surface area contributed by atoms with Gasteiger partial charge >= 0.3 is 6.09 Å². The van der Waals surface area contributed by atoms with Crippen LogP contribution in [0.15, 0.2) is 42.5 Å². The molecule has 0 heterocycles. The number of carboxylic acid groups (broad SMARTS) is 1. The summed E-state index contributed by atoms with van der Waals surface area (Å²) >= 11 is 0. The third-order valence-electron chi connectivity index (χ3n) is 3.66. The van der Waals surface area contributed by atoms with Gasteiger partial charge in [-0.25, -0.2) is 9.18 Å². The predicted octanol–water partition coefficient (Wildman–Crippen LogP) is 3.76. The first-order valence-corrected chi connectivity index (χ1v) is 7.62. The molecule has 0 aliphatic carbocycles. The zero-order valence-corrected chi connectivity index (χ0v) is 13.4. The van der Waals surface area contributed by atoms with Crippen molar-refractivity contribution in [2.45, 2.75) is 12.8 Å². The molecule has 0 aliphatic heterocycles. The molecule has 6 heteroatoms. The average molecular weight is 333 g/mol. The topological polar surface area (TPSA) is 70.0 Å². The molecule has 0 aromatic heterocycles. The first-order valence-electron chi connectivity index (χ1n) is 7.62. The molecular weight excluding hydrogens is 313 g/mol. The molecule has 0 atom stereocenters. The molecule has 5 nitrogen and oxygen atoms in total. The predicted molar refractivity (Wildman–Crippen MR) is 90.1 cm³/mol. The summed E-state index contributed by atoms with van der Waals surface area (Å²) in [7, 11) is 1.51. The molecule has 0 aliphatic rings. The van der Waals surface area contributed by atoms with Crippen molar-refractivity contribution in [2.24, 2.45) is 0 Å². The number of carbonyl (C=O) groups is 1. The molecule has 1 amide bonds. The fraction of sp³-hybridized carbons (Fsp3) is 0.278. The van der Waals surface area contributed by atoms with Crippen molar-refractivity contribution in [3.8, 4) is 16.9 Å². The number of hydrogen-bond donors (Lipinski definition) is 2. The Balaban J connectivity index is 2.49. The zero-order valence-electron chi connectivity index (χ0n) is 13.4. The van der Waals surface area contributed by atoms with Crippen molar-refractivity contribution in [1.82, 2.24) is 0 Å². The van der Waals surface area contributed by atoms with Crippen molar-refractivity contribution >= 4 is 11.8 Å². The fourth-order valence-corrected chi connectivity index (χ4v) is 2.50. The third kappa shape index (κ3) is 4.02. The van der Waals surface area contributed by atoms with Crippen LogP contribution < -0.4 is 9.64 Å². The minimum Gasteiger partial charge on any atom is -0.497 e. The number of nitrogens with zero attached hydrogens (tertiary/aromatic N) is 1. The highest BCUT2D eigenvalue weighted by molar-refractivity contribution is 5.93. The van der Waals surface area contributed by atoms with Crippen LogP contribution >= 0.6 is 0 Å². The Hall–Kier alpha value is -2.60. The molecule has 2 aromatic rings. The molecule has 0 spiro atoms. The summed E-state index contributed by atoms with van der Waals surface area (Å²) in [5.41, 5.74) is 1.02. The normalized spacial score (nSPS) is 10.5. The smallest absolute Gasteiger partial charge is 0.411 e. The Morgan fingerprint density at radius 1 is 1.21 bits per heavy atom. The summed E-state index contributed by atoms with van der Waals surface area (Å²) in [5, 5.41) is 18.4. The van der Waals surface area contributed by atoms with Gasteiger partial charge in [0.2, 0.25) is 0 Å². The summed E-state index contributed by atoms with van der Waals surface area (Å²) in [6.07, 6.45) is -0.201. The van der Waals surface area contributed by atoms with E-state index in [0.717, 1.165) is 4.90 Å². The van der Waals surface area contributed by atoms with E-state index in [9.17, 15) is 14.3 Å². The second kappa shape index (κ2) is 8.31. The molecule has 0 saturated heterocycles. The van der Waals surface area contributed by atoms with Gasteiger partial charge in [-0.3, -0.25) is 4.90 Å². The van der Waals surface area contributed by atoms with E-state index in [1.807, 2.05) is 0 Å². The molecule has 2 N–H and O–H groups in total. The number of anilines is 1. The molecule has 0 fully saturated rings. The summed E-state index contributed by atoms with van der Waals surface area (Å²) in [4.78, 5) is 12.7. The minimum absolute atomic E-state index is 0.0145. The number of unbranched alkanes of at least 4 members (excludes halogenated alkanes) is 1.